The Kier molecular flexibility index (Phi) is 4.50. The molecule has 0 atom stereocenters. The third-order valence-corrected chi connectivity index (χ3v) is 1.68. The summed E-state index contributed by atoms with van der Waals surface area (Å²) in [7, 11) is 0. The molecule has 0 aliphatic carbocycles. The van der Waals surface area contributed by atoms with E-state index in [4.69, 9.17) is 23.2 Å². The molecule has 56 valence electrons. The van der Waals surface area contributed by atoms with E-state index in [0.717, 1.165) is 5.57 Å². The smallest absolute Gasteiger partial charge is 0.0366 e. The molecule has 10 heavy (non-hydrogen) atoms. The summed E-state index contributed by atoms with van der Waals surface area (Å²) in [4.78, 5) is 0. The second-order valence-electron chi connectivity index (χ2n) is 1.91. The molecular weight excluding hydrogens is 167 g/mol. The van der Waals surface area contributed by atoms with Crippen LogP contribution in [0, 0.1) is 0 Å². The SMILES string of the molecule is C=C(Cl)/C(C)=C\C(Cl)=C/C. The summed E-state index contributed by atoms with van der Waals surface area (Å²) in [5, 5.41) is 1.21. The first-order chi connectivity index (χ1) is 4.57. The van der Waals surface area contributed by atoms with Crippen molar-refractivity contribution in [2.24, 2.45) is 0 Å². The Morgan fingerprint density at radius 2 is 1.90 bits per heavy atom. The topological polar surface area (TPSA) is 0 Å². The van der Waals surface area contributed by atoms with Gasteiger partial charge in [-0.25, -0.2) is 0 Å². The first-order valence-corrected chi connectivity index (χ1v) is 3.68. The average Bonchev–Trinajstić information content (AvgIpc) is 1.87. The van der Waals surface area contributed by atoms with Gasteiger partial charge in [0, 0.05) is 10.1 Å². The Morgan fingerprint density at radius 1 is 1.40 bits per heavy atom. The zero-order chi connectivity index (χ0) is 8.15. The highest BCUT2D eigenvalue weighted by Gasteiger charge is 1.91. The molecule has 0 bridgehead atoms. The number of halogens is 2. The molecule has 0 saturated carbocycles. The highest BCUT2D eigenvalue weighted by molar-refractivity contribution is 6.33. The molecule has 0 aliphatic rings. The zero-order valence-corrected chi connectivity index (χ0v) is 7.63. The summed E-state index contributed by atoms with van der Waals surface area (Å²) >= 11 is 11.3. The lowest BCUT2D eigenvalue weighted by Gasteiger charge is -1.94. The first-order valence-electron chi connectivity index (χ1n) is 2.92. The van der Waals surface area contributed by atoms with Gasteiger partial charge in [-0.2, -0.15) is 0 Å². The van der Waals surface area contributed by atoms with E-state index in [2.05, 4.69) is 6.58 Å². The van der Waals surface area contributed by atoms with Gasteiger partial charge >= 0.3 is 0 Å². The van der Waals surface area contributed by atoms with Crippen LogP contribution in [-0.2, 0) is 0 Å². The van der Waals surface area contributed by atoms with Crippen molar-refractivity contribution in [1.29, 1.82) is 0 Å². The molecule has 0 rings (SSSR count). The maximum absolute atomic E-state index is 5.69. The summed E-state index contributed by atoms with van der Waals surface area (Å²) in [6, 6.07) is 0. The van der Waals surface area contributed by atoms with Crippen LogP contribution in [0.1, 0.15) is 13.8 Å². The van der Waals surface area contributed by atoms with Gasteiger partial charge in [0.25, 0.3) is 0 Å². The summed E-state index contributed by atoms with van der Waals surface area (Å²) < 4.78 is 0. The predicted octanol–water partition coefficient (Wildman–Crippen LogP) is 3.83. The Morgan fingerprint density at radius 3 is 2.20 bits per heavy atom. The van der Waals surface area contributed by atoms with Gasteiger partial charge in [0.2, 0.25) is 0 Å². The average molecular weight is 177 g/mol. The van der Waals surface area contributed by atoms with Crippen LogP contribution in [0.2, 0.25) is 0 Å². The van der Waals surface area contributed by atoms with Crippen molar-refractivity contribution in [3.8, 4) is 0 Å². The molecule has 0 radical (unpaired) electrons. The van der Waals surface area contributed by atoms with E-state index < -0.39 is 0 Å². The van der Waals surface area contributed by atoms with Gasteiger partial charge in [0.1, 0.15) is 0 Å². The Hall–Kier alpha value is -0.200. The molecule has 0 aromatic heterocycles. The molecule has 0 spiro atoms. The number of hydrogen-bond donors (Lipinski definition) is 0. The molecular formula is C8H10Cl2. The van der Waals surface area contributed by atoms with Crippen LogP contribution < -0.4 is 0 Å². The van der Waals surface area contributed by atoms with Crippen molar-refractivity contribution in [2.75, 3.05) is 0 Å². The molecule has 0 saturated heterocycles. The molecule has 0 fully saturated rings. The van der Waals surface area contributed by atoms with Gasteiger partial charge in [-0.3, -0.25) is 0 Å². The Bertz CT molecular complexity index is 187. The van der Waals surface area contributed by atoms with Crippen LogP contribution in [-0.4, -0.2) is 0 Å². The van der Waals surface area contributed by atoms with E-state index in [9.17, 15) is 0 Å². The number of rotatable bonds is 2. The molecule has 0 heterocycles. The van der Waals surface area contributed by atoms with E-state index in [1.807, 2.05) is 13.8 Å². The number of hydrogen-bond acceptors (Lipinski definition) is 0. The lowest BCUT2D eigenvalue weighted by Crippen LogP contribution is -1.73. The third kappa shape index (κ3) is 3.76. The quantitative estimate of drug-likeness (QED) is 0.562. The molecule has 0 aliphatic heterocycles. The minimum atomic E-state index is 0.528. The Balaban J connectivity index is 4.31. The molecule has 0 amide bonds. The van der Waals surface area contributed by atoms with Crippen molar-refractivity contribution in [3.63, 3.8) is 0 Å². The molecule has 0 aromatic carbocycles. The molecule has 0 nitrogen and oxygen atoms in total. The van der Waals surface area contributed by atoms with Crippen LogP contribution in [0.5, 0.6) is 0 Å². The third-order valence-electron chi connectivity index (χ3n) is 1.06. The van der Waals surface area contributed by atoms with Crippen LogP contribution in [0.15, 0.2) is 34.4 Å². The van der Waals surface area contributed by atoms with Crippen molar-refractivity contribution in [2.45, 2.75) is 13.8 Å². The van der Waals surface area contributed by atoms with Gasteiger partial charge in [0.15, 0.2) is 0 Å². The van der Waals surface area contributed by atoms with Gasteiger partial charge in [-0.05, 0) is 25.5 Å². The van der Waals surface area contributed by atoms with Crippen LogP contribution >= 0.6 is 23.2 Å². The van der Waals surface area contributed by atoms with Crippen molar-refractivity contribution < 1.29 is 0 Å². The predicted molar refractivity (Wildman–Crippen MR) is 48.4 cm³/mol. The fourth-order valence-electron chi connectivity index (χ4n) is 0.368. The van der Waals surface area contributed by atoms with Gasteiger partial charge in [-0.1, -0.05) is 35.9 Å². The van der Waals surface area contributed by atoms with Crippen LogP contribution in [0.4, 0.5) is 0 Å². The van der Waals surface area contributed by atoms with Crippen LogP contribution in [0.25, 0.3) is 0 Å². The summed E-state index contributed by atoms with van der Waals surface area (Å²) in [5.41, 5.74) is 0.893. The lowest BCUT2D eigenvalue weighted by molar-refractivity contribution is 1.49. The lowest BCUT2D eigenvalue weighted by atomic mass is 10.2. The largest absolute Gasteiger partial charge is 0.0847 e. The van der Waals surface area contributed by atoms with Gasteiger partial charge in [0.05, 0.1) is 0 Å². The molecule has 0 N–H and O–H groups in total. The van der Waals surface area contributed by atoms with Gasteiger partial charge < -0.3 is 0 Å². The zero-order valence-electron chi connectivity index (χ0n) is 6.12. The summed E-state index contributed by atoms with van der Waals surface area (Å²) in [6.45, 7) is 7.28. The molecule has 0 unspecified atom stereocenters. The van der Waals surface area contributed by atoms with E-state index in [0.29, 0.717) is 10.1 Å². The summed E-state index contributed by atoms with van der Waals surface area (Å²) in [5.74, 6) is 0. The van der Waals surface area contributed by atoms with Crippen molar-refractivity contribution >= 4 is 23.2 Å². The second-order valence-corrected chi connectivity index (χ2v) is 2.80. The highest BCUT2D eigenvalue weighted by Crippen LogP contribution is 2.15. The van der Waals surface area contributed by atoms with Gasteiger partial charge in [-0.15, -0.1) is 0 Å². The van der Waals surface area contributed by atoms with Crippen LogP contribution in [0.3, 0.4) is 0 Å². The maximum Gasteiger partial charge on any atom is 0.0366 e. The fourth-order valence-corrected chi connectivity index (χ4v) is 0.587. The van der Waals surface area contributed by atoms with E-state index in [1.165, 1.54) is 0 Å². The van der Waals surface area contributed by atoms with E-state index >= 15 is 0 Å². The Labute approximate surface area is 71.8 Å². The number of allylic oxidation sites excluding steroid dienone is 5. The minimum absolute atomic E-state index is 0.528. The first kappa shape index (κ1) is 9.80. The minimum Gasteiger partial charge on any atom is -0.0847 e. The fraction of sp³-hybridized carbons (Fsp3) is 0.250. The highest BCUT2D eigenvalue weighted by atomic mass is 35.5. The second kappa shape index (κ2) is 4.59. The molecule has 0 aromatic rings. The van der Waals surface area contributed by atoms with Crippen molar-refractivity contribution in [3.05, 3.63) is 34.4 Å². The normalized spacial score (nSPS) is 13.6. The van der Waals surface area contributed by atoms with E-state index in [-0.39, 0.29) is 0 Å². The standard InChI is InChI=1S/C8H10Cl2/c1-4-8(10)5-6(2)7(3)9/h4-5H,3H2,1-2H3/b6-5-,8-4+. The summed E-state index contributed by atoms with van der Waals surface area (Å²) in [6.07, 6.45) is 3.57. The maximum atomic E-state index is 5.69. The monoisotopic (exact) mass is 176 g/mol. The van der Waals surface area contributed by atoms with E-state index in [1.54, 1.807) is 12.2 Å². The van der Waals surface area contributed by atoms with Crippen molar-refractivity contribution in [1.82, 2.24) is 0 Å². The molecule has 2 heteroatoms.